The Bertz CT molecular complexity index is 433. The Morgan fingerprint density at radius 3 is 3.14 bits per heavy atom. The first-order chi connectivity index (χ1) is 6.81. The second kappa shape index (κ2) is 3.63. The van der Waals surface area contributed by atoms with E-state index in [0.29, 0.717) is 5.76 Å². The van der Waals surface area contributed by atoms with Gasteiger partial charge in [0.25, 0.3) is 0 Å². The molecule has 0 fully saturated rings. The molecule has 72 valence electrons. The van der Waals surface area contributed by atoms with Gasteiger partial charge in [0.2, 0.25) is 0 Å². The summed E-state index contributed by atoms with van der Waals surface area (Å²) >= 11 is 1.52. The molecule has 4 nitrogen and oxygen atoms in total. The van der Waals surface area contributed by atoms with Gasteiger partial charge in [-0.2, -0.15) is 0 Å². The molecule has 0 aliphatic carbocycles. The summed E-state index contributed by atoms with van der Waals surface area (Å²) in [7, 11) is 1.31. The van der Waals surface area contributed by atoms with E-state index < -0.39 is 5.97 Å². The van der Waals surface area contributed by atoms with E-state index in [2.05, 4.69) is 9.89 Å². The van der Waals surface area contributed by atoms with E-state index in [1.54, 1.807) is 6.07 Å². The molecule has 0 N–H and O–H groups in total. The molecule has 0 radical (unpaired) electrons. The van der Waals surface area contributed by atoms with E-state index in [1.807, 2.05) is 17.5 Å². The van der Waals surface area contributed by atoms with Gasteiger partial charge in [0.15, 0.2) is 11.5 Å². The van der Waals surface area contributed by atoms with Crippen molar-refractivity contribution in [3.05, 3.63) is 29.3 Å². The van der Waals surface area contributed by atoms with Crippen molar-refractivity contribution in [2.75, 3.05) is 7.11 Å². The number of ether oxygens (including phenoxy) is 1. The Morgan fingerprint density at radius 1 is 1.64 bits per heavy atom. The van der Waals surface area contributed by atoms with Crippen LogP contribution in [0, 0.1) is 0 Å². The molecule has 0 aliphatic heterocycles. The summed E-state index contributed by atoms with van der Waals surface area (Å²) < 4.78 is 9.50. The molecule has 14 heavy (non-hydrogen) atoms. The van der Waals surface area contributed by atoms with Crippen molar-refractivity contribution in [1.82, 2.24) is 5.16 Å². The van der Waals surface area contributed by atoms with E-state index in [4.69, 9.17) is 4.52 Å². The highest BCUT2D eigenvalue weighted by atomic mass is 32.1. The van der Waals surface area contributed by atoms with Crippen LogP contribution in [0.15, 0.2) is 28.1 Å². The third kappa shape index (κ3) is 1.54. The van der Waals surface area contributed by atoms with Crippen LogP contribution in [0.25, 0.3) is 10.6 Å². The van der Waals surface area contributed by atoms with Crippen LogP contribution in [0.4, 0.5) is 0 Å². The highest BCUT2D eigenvalue weighted by molar-refractivity contribution is 7.13. The summed E-state index contributed by atoms with van der Waals surface area (Å²) in [5.41, 5.74) is 0.191. The van der Waals surface area contributed by atoms with Crippen molar-refractivity contribution in [3.63, 3.8) is 0 Å². The molecule has 0 aliphatic rings. The molecule has 0 atom stereocenters. The molecule has 0 unspecified atom stereocenters. The van der Waals surface area contributed by atoms with Crippen molar-refractivity contribution in [3.8, 4) is 10.6 Å². The minimum atomic E-state index is -0.489. The second-order valence-corrected chi connectivity index (χ2v) is 3.49. The van der Waals surface area contributed by atoms with Crippen molar-refractivity contribution in [2.24, 2.45) is 0 Å². The second-order valence-electron chi connectivity index (χ2n) is 2.55. The van der Waals surface area contributed by atoms with Crippen molar-refractivity contribution in [2.45, 2.75) is 0 Å². The zero-order valence-corrected chi connectivity index (χ0v) is 8.21. The molecule has 0 aromatic carbocycles. The quantitative estimate of drug-likeness (QED) is 0.711. The van der Waals surface area contributed by atoms with Gasteiger partial charge in [0.1, 0.15) is 0 Å². The number of methoxy groups -OCH3 is 1. The lowest BCUT2D eigenvalue weighted by Gasteiger charge is -1.88. The Labute approximate surface area is 84.1 Å². The largest absolute Gasteiger partial charge is 0.464 e. The fourth-order valence-corrected chi connectivity index (χ4v) is 1.68. The van der Waals surface area contributed by atoms with Crippen LogP contribution in [0.2, 0.25) is 0 Å². The van der Waals surface area contributed by atoms with Gasteiger partial charge in [-0.05, 0) is 11.4 Å². The Balaban J connectivity index is 2.31. The number of carbonyl (C=O) groups is 1. The first-order valence-electron chi connectivity index (χ1n) is 3.90. The summed E-state index contributed by atoms with van der Waals surface area (Å²) in [4.78, 5) is 12.0. The van der Waals surface area contributed by atoms with E-state index in [1.165, 1.54) is 18.4 Å². The third-order valence-corrected chi connectivity index (χ3v) is 2.55. The molecule has 2 heterocycles. The molecule has 2 rings (SSSR count). The van der Waals surface area contributed by atoms with E-state index >= 15 is 0 Å². The number of thiophene rings is 1. The maximum Gasteiger partial charge on any atom is 0.360 e. The van der Waals surface area contributed by atoms with Crippen LogP contribution in [-0.2, 0) is 4.74 Å². The minimum Gasteiger partial charge on any atom is -0.464 e. The van der Waals surface area contributed by atoms with Gasteiger partial charge in [0, 0.05) is 6.07 Å². The van der Waals surface area contributed by atoms with Crippen molar-refractivity contribution >= 4 is 17.3 Å². The van der Waals surface area contributed by atoms with Crippen LogP contribution < -0.4 is 0 Å². The average molecular weight is 209 g/mol. The standard InChI is InChI=1S/C9H7NO3S/c1-12-9(11)6-5-7(13-10-6)8-3-2-4-14-8/h2-5H,1H3. The monoisotopic (exact) mass is 209 g/mol. The summed E-state index contributed by atoms with van der Waals surface area (Å²) in [5, 5.41) is 5.53. The van der Waals surface area contributed by atoms with Crippen LogP contribution in [0.1, 0.15) is 10.5 Å². The number of esters is 1. The minimum absolute atomic E-state index is 0.191. The summed E-state index contributed by atoms with van der Waals surface area (Å²) in [6.07, 6.45) is 0. The number of aromatic nitrogens is 1. The van der Waals surface area contributed by atoms with Gasteiger partial charge in [-0.3, -0.25) is 0 Å². The summed E-state index contributed by atoms with van der Waals surface area (Å²) in [6, 6.07) is 5.37. The molecule has 0 amide bonds. The predicted molar refractivity (Wildman–Crippen MR) is 51.2 cm³/mol. The lowest BCUT2D eigenvalue weighted by Crippen LogP contribution is -2.00. The van der Waals surface area contributed by atoms with E-state index in [0.717, 1.165) is 4.88 Å². The molecular formula is C9H7NO3S. The number of hydrogen-bond acceptors (Lipinski definition) is 5. The lowest BCUT2D eigenvalue weighted by atomic mass is 10.3. The van der Waals surface area contributed by atoms with Gasteiger partial charge < -0.3 is 9.26 Å². The van der Waals surface area contributed by atoms with Crippen LogP contribution in [-0.4, -0.2) is 18.2 Å². The fraction of sp³-hybridized carbons (Fsp3) is 0.111. The molecule has 0 saturated heterocycles. The highest BCUT2D eigenvalue weighted by Gasteiger charge is 2.13. The molecule has 2 aromatic heterocycles. The SMILES string of the molecule is COC(=O)c1cc(-c2cccs2)on1. The van der Waals surface area contributed by atoms with E-state index in [-0.39, 0.29) is 5.69 Å². The van der Waals surface area contributed by atoms with E-state index in [9.17, 15) is 4.79 Å². The van der Waals surface area contributed by atoms with Crippen molar-refractivity contribution < 1.29 is 14.1 Å². The highest BCUT2D eigenvalue weighted by Crippen LogP contribution is 2.25. The zero-order valence-electron chi connectivity index (χ0n) is 7.39. The first-order valence-corrected chi connectivity index (χ1v) is 4.78. The Hall–Kier alpha value is -1.62. The van der Waals surface area contributed by atoms with Crippen LogP contribution >= 0.6 is 11.3 Å². The summed E-state index contributed by atoms with van der Waals surface area (Å²) in [6.45, 7) is 0. The molecule has 0 saturated carbocycles. The summed E-state index contributed by atoms with van der Waals surface area (Å²) in [5.74, 6) is 0.0944. The number of hydrogen-bond donors (Lipinski definition) is 0. The number of nitrogens with zero attached hydrogens (tertiary/aromatic N) is 1. The maximum atomic E-state index is 11.1. The first kappa shape index (κ1) is 8.96. The molecule has 0 bridgehead atoms. The number of rotatable bonds is 2. The van der Waals surface area contributed by atoms with Gasteiger partial charge in [-0.1, -0.05) is 11.2 Å². The normalized spacial score (nSPS) is 10.1. The maximum absolute atomic E-state index is 11.1. The van der Waals surface area contributed by atoms with Gasteiger partial charge >= 0.3 is 5.97 Å². The number of carbonyl (C=O) groups excluding carboxylic acids is 1. The van der Waals surface area contributed by atoms with Crippen LogP contribution in [0.5, 0.6) is 0 Å². The Kier molecular flexibility index (Phi) is 2.32. The third-order valence-electron chi connectivity index (χ3n) is 1.67. The Morgan fingerprint density at radius 2 is 2.50 bits per heavy atom. The molecular weight excluding hydrogens is 202 g/mol. The zero-order chi connectivity index (χ0) is 9.97. The average Bonchev–Trinajstić information content (AvgIpc) is 2.86. The van der Waals surface area contributed by atoms with Gasteiger partial charge in [0.05, 0.1) is 12.0 Å². The predicted octanol–water partition coefficient (Wildman–Crippen LogP) is 2.19. The molecule has 5 heteroatoms. The lowest BCUT2D eigenvalue weighted by molar-refractivity contribution is 0.0589. The van der Waals surface area contributed by atoms with Crippen LogP contribution in [0.3, 0.4) is 0 Å². The molecule has 0 spiro atoms. The molecule has 2 aromatic rings. The smallest absolute Gasteiger partial charge is 0.360 e. The fourth-order valence-electron chi connectivity index (χ4n) is 1.01. The van der Waals surface area contributed by atoms with Gasteiger partial charge in [-0.25, -0.2) is 4.79 Å². The van der Waals surface area contributed by atoms with Crippen molar-refractivity contribution in [1.29, 1.82) is 0 Å². The van der Waals surface area contributed by atoms with Gasteiger partial charge in [-0.15, -0.1) is 11.3 Å². The topological polar surface area (TPSA) is 52.3 Å².